The number of rotatable bonds is 6. The molecule has 2 aromatic rings. The standard InChI is InChI=1S/C16H23N5O3S/c1-10-12(11-5-6-17-13(20-11)16(2,3)4)25-15(19-10)21-14(23)18-7-8-24-9-22/h5-6,22H,7-9H2,1-4H3,(H2,18,19,21,23). The Balaban J connectivity index is 2.09. The number of nitrogens with one attached hydrogen (secondary N) is 2. The lowest BCUT2D eigenvalue weighted by Crippen LogP contribution is -2.31. The first-order chi connectivity index (χ1) is 11.8. The van der Waals surface area contributed by atoms with E-state index in [4.69, 9.17) is 9.84 Å². The lowest BCUT2D eigenvalue weighted by Gasteiger charge is -2.16. The number of ether oxygens (including phenoxy) is 1. The van der Waals surface area contributed by atoms with Crippen LogP contribution in [0.25, 0.3) is 10.6 Å². The largest absolute Gasteiger partial charge is 0.371 e. The predicted octanol–water partition coefficient (Wildman–Crippen LogP) is 2.29. The summed E-state index contributed by atoms with van der Waals surface area (Å²) in [7, 11) is 0. The first kappa shape index (κ1) is 19.2. The number of aliphatic hydroxyl groups excluding tert-OH is 1. The summed E-state index contributed by atoms with van der Waals surface area (Å²) < 4.78 is 4.74. The molecule has 0 aliphatic heterocycles. The van der Waals surface area contributed by atoms with Gasteiger partial charge in [-0.1, -0.05) is 32.1 Å². The van der Waals surface area contributed by atoms with E-state index in [-0.39, 0.29) is 24.8 Å². The van der Waals surface area contributed by atoms with Crippen molar-refractivity contribution < 1.29 is 14.6 Å². The van der Waals surface area contributed by atoms with Gasteiger partial charge in [0.15, 0.2) is 5.13 Å². The van der Waals surface area contributed by atoms with Gasteiger partial charge in [0.25, 0.3) is 0 Å². The molecule has 0 fully saturated rings. The molecule has 25 heavy (non-hydrogen) atoms. The van der Waals surface area contributed by atoms with Crippen molar-refractivity contribution in [1.82, 2.24) is 20.3 Å². The van der Waals surface area contributed by atoms with Crippen LogP contribution in [0.3, 0.4) is 0 Å². The van der Waals surface area contributed by atoms with Gasteiger partial charge >= 0.3 is 6.03 Å². The molecule has 0 bridgehead atoms. The fourth-order valence-electron chi connectivity index (χ4n) is 1.98. The zero-order valence-corrected chi connectivity index (χ0v) is 15.6. The second kappa shape index (κ2) is 8.32. The highest BCUT2D eigenvalue weighted by molar-refractivity contribution is 7.19. The highest BCUT2D eigenvalue weighted by Crippen LogP contribution is 2.32. The minimum Gasteiger partial charge on any atom is -0.371 e. The molecule has 0 saturated carbocycles. The third-order valence-electron chi connectivity index (χ3n) is 3.20. The first-order valence-electron chi connectivity index (χ1n) is 7.86. The van der Waals surface area contributed by atoms with Gasteiger partial charge in [-0.05, 0) is 13.0 Å². The zero-order valence-electron chi connectivity index (χ0n) is 14.8. The van der Waals surface area contributed by atoms with Gasteiger partial charge in [0.05, 0.1) is 22.9 Å². The van der Waals surface area contributed by atoms with E-state index in [0.717, 1.165) is 22.1 Å². The Kier molecular flexibility index (Phi) is 6.40. The number of aromatic nitrogens is 3. The maximum atomic E-state index is 11.8. The SMILES string of the molecule is Cc1nc(NC(=O)NCCOCO)sc1-c1ccnc(C(C)(C)C)n1. The minimum atomic E-state index is -0.375. The van der Waals surface area contributed by atoms with Gasteiger partial charge in [-0.3, -0.25) is 5.32 Å². The van der Waals surface area contributed by atoms with E-state index < -0.39 is 0 Å². The molecule has 2 aromatic heterocycles. The summed E-state index contributed by atoms with van der Waals surface area (Å²) in [4.78, 5) is 26.1. The molecule has 0 radical (unpaired) electrons. The van der Waals surface area contributed by atoms with Crippen molar-refractivity contribution >= 4 is 22.5 Å². The van der Waals surface area contributed by atoms with Gasteiger partial charge in [0.1, 0.15) is 12.6 Å². The molecule has 136 valence electrons. The second-order valence-corrected chi connectivity index (χ2v) is 7.37. The van der Waals surface area contributed by atoms with Crippen LogP contribution in [0.15, 0.2) is 12.3 Å². The summed E-state index contributed by atoms with van der Waals surface area (Å²) >= 11 is 1.36. The van der Waals surface area contributed by atoms with Gasteiger partial charge in [-0.2, -0.15) is 0 Å². The van der Waals surface area contributed by atoms with Crippen LogP contribution in [0, 0.1) is 6.92 Å². The highest BCUT2D eigenvalue weighted by Gasteiger charge is 2.19. The van der Waals surface area contributed by atoms with Crippen LogP contribution in [-0.4, -0.2) is 46.0 Å². The number of nitrogens with zero attached hydrogens (tertiary/aromatic N) is 3. The van der Waals surface area contributed by atoms with Crippen molar-refractivity contribution in [2.75, 3.05) is 25.3 Å². The van der Waals surface area contributed by atoms with Gasteiger partial charge in [-0.25, -0.2) is 19.7 Å². The number of urea groups is 1. The Labute approximate surface area is 150 Å². The zero-order chi connectivity index (χ0) is 18.4. The molecule has 0 atom stereocenters. The van der Waals surface area contributed by atoms with E-state index in [1.807, 2.05) is 13.0 Å². The van der Waals surface area contributed by atoms with Gasteiger partial charge in [-0.15, -0.1) is 0 Å². The Bertz CT molecular complexity index is 727. The number of hydrogen-bond donors (Lipinski definition) is 3. The van der Waals surface area contributed by atoms with E-state index in [1.165, 1.54) is 11.3 Å². The number of anilines is 1. The fraction of sp³-hybridized carbons (Fsp3) is 0.500. The normalized spacial score (nSPS) is 11.4. The average Bonchev–Trinajstić information content (AvgIpc) is 2.91. The van der Waals surface area contributed by atoms with Crippen molar-refractivity contribution in [3.8, 4) is 10.6 Å². The Morgan fingerprint density at radius 3 is 2.80 bits per heavy atom. The molecule has 8 nitrogen and oxygen atoms in total. The monoisotopic (exact) mass is 365 g/mol. The van der Waals surface area contributed by atoms with E-state index >= 15 is 0 Å². The molecule has 9 heteroatoms. The maximum Gasteiger partial charge on any atom is 0.321 e. The van der Waals surface area contributed by atoms with Gasteiger partial charge in [0, 0.05) is 18.2 Å². The summed E-state index contributed by atoms with van der Waals surface area (Å²) in [5.74, 6) is 0.758. The van der Waals surface area contributed by atoms with Crippen LogP contribution in [0.2, 0.25) is 0 Å². The van der Waals surface area contributed by atoms with E-state index in [2.05, 4.69) is 46.4 Å². The van der Waals surface area contributed by atoms with E-state index in [9.17, 15) is 4.79 Å². The molecule has 2 heterocycles. The molecule has 2 rings (SSSR count). The third kappa shape index (κ3) is 5.45. The van der Waals surface area contributed by atoms with Crippen LogP contribution in [-0.2, 0) is 10.2 Å². The minimum absolute atomic E-state index is 0.147. The lowest BCUT2D eigenvalue weighted by atomic mass is 9.95. The number of carbonyl (C=O) groups excluding carboxylic acids is 1. The Hall–Kier alpha value is -2.10. The molecule has 0 aliphatic rings. The van der Waals surface area contributed by atoms with Crippen molar-refractivity contribution in [2.45, 2.75) is 33.1 Å². The summed E-state index contributed by atoms with van der Waals surface area (Å²) in [5.41, 5.74) is 1.44. The second-order valence-electron chi connectivity index (χ2n) is 6.37. The molecule has 3 N–H and O–H groups in total. The summed E-state index contributed by atoms with van der Waals surface area (Å²) in [6.45, 7) is 8.22. The van der Waals surface area contributed by atoms with Crippen LogP contribution in [0.5, 0.6) is 0 Å². The molecule has 0 unspecified atom stereocenters. The molecule has 0 aliphatic carbocycles. The summed E-state index contributed by atoms with van der Waals surface area (Å²) in [6.07, 6.45) is 1.74. The quantitative estimate of drug-likeness (QED) is 0.535. The third-order valence-corrected chi connectivity index (χ3v) is 4.29. The van der Waals surface area contributed by atoms with Crippen LogP contribution in [0.1, 0.15) is 32.3 Å². The number of hydrogen-bond acceptors (Lipinski definition) is 7. The number of aryl methyl sites for hydroxylation is 1. The number of aliphatic hydroxyl groups is 1. The topological polar surface area (TPSA) is 109 Å². The molecular formula is C16H23N5O3S. The molecule has 0 aromatic carbocycles. The Morgan fingerprint density at radius 2 is 2.12 bits per heavy atom. The maximum absolute atomic E-state index is 11.8. The van der Waals surface area contributed by atoms with Crippen molar-refractivity contribution in [2.24, 2.45) is 0 Å². The smallest absolute Gasteiger partial charge is 0.321 e. The van der Waals surface area contributed by atoms with Crippen LogP contribution >= 0.6 is 11.3 Å². The number of amides is 2. The average molecular weight is 365 g/mol. The first-order valence-corrected chi connectivity index (χ1v) is 8.67. The number of carbonyl (C=O) groups is 1. The summed E-state index contributed by atoms with van der Waals surface area (Å²) in [5, 5.41) is 14.3. The van der Waals surface area contributed by atoms with Gasteiger partial charge in [0.2, 0.25) is 0 Å². The predicted molar refractivity (Wildman–Crippen MR) is 96.6 cm³/mol. The van der Waals surface area contributed by atoms with Crippen molar-refractivity contribution in [3.63, 3.8) is 0 Å². The van der Waals surface area contributed by atoms with E-state index in [1.54, 1.807) is 6.20 Å². The molecule has 0 spiro atoms. The van der Waals surface area contributed by atoms with E-state index in [0.29, 0.717) is 11.7 Å². The van der Waals surface area contributed by atoms with Crippen LogP contribution in [0.4, 0.5) is 9.93 Å². The molecular weight excluding hydrogens is 342 g/mol. The van der Waals surface area contributed by atoms with Crippen molar-refractivity contribution in [1.29, 1.82) is 0 Å². The van der Waals surface area contributed by atoms with Crippen LogP contribution < -0.4 is 10.6 Å². The number of thiazole rings is 1. The van der Waals surface area contributed by atoms with Crippen molar-refractivity contribution in [3.05, 3.63) is 23.8 Å². The Morgan fingerprint density at radius 1 is 1.36 bits per heavy atom. The lowest BCUT2D eigenvalue weighted by molar-refractivity contribution is 0.00116. The summed E-state index contributed by atoms with van der Waals surface area (Å²) in [6, 6.07) is 1.46. The fourth-order valence-corrected chi connectivity index (χ4v) is 2.91. The highest BCUT2D eigenvalue weighted by atomic mass is 32.1. The molecule has 0 saturated heterocycles. The van der Waals surface area contributed by atoms with Gasteiger partial charge < -0.3 is 15.2 Å². The molecule has 2 amide bonds.